The molecule has 1 aromatic carbocycles. The highest BCUT2D eigenvalue weighted by molar-refractivity contribution is 5.15. The Morgan fingerprint density at radius 1 is 1.08 bits per heavy atom. The van der Waals surface area contributed by atoms with Gasteiger partial charge in [0.2, 0.25) is 0 Å². The zero-order valence-electron chi connectivity index (χ0n) is 14.3. The first kappa shape index (κ1) is 19.0. The van der Waals surface area contributed by atoms with Crippen LogP contribution in [-0.2, 0) is 11.3 Å². The maximum atomic E-state index is 14.0. The van der Waals surface area contributed by atoms with Crippen molar-refractivity contribution in [2.24, 2.45) is 11.8 Å². The summed E-state index contributed by atoms with van der Waals surface area (Å²) in [5.74, 6) is 0.328. The highest BCUT2D eigenvalue weighted by Gasteiger charge is 2.35. The molecule has 0 aliphatic heterocycles. The van der Waals surface area contributed by atoms with Gasteiger partial charge in [0.15, 0.2) is 0 Å². The first-order valence-electron chi connectivity index (χ1n) is 8.86. The van der Waals surface area contributed by atoms with Gasteiger partial charge in [0, 0.05) is 6.42 Å². The third-order valence-corrected chi connectivity index (χ3v) is 4.83. The number of alkyl halides is 2. The Morgan fingerprint density at radius 2 is 1.71 bits per heavy atom. The average molecular weight is 340 g/mol. The Hall–Kier alpha value is -1.29. The summed E-state index contributed by atoms with van der Waals surface area (Å²) >= 11 is 0. The summed E-state index contributed by atoms with van der Waals surface area (Å²) in [6.07, 6.45) is 6.94. The molecular weight excluding hydrogens is 313 g/mol. The smallest absolute Gasteiger partial charge is 0.316 e. The van der Waals surface area contributed by atoms with Crippen molar-refractivity contribution < 1.29 is 17.9 Å². The molecule has 0 saturated heterocycles. The molecule has 0 atom stereocenters. The van der Waals surface area contributed by atoms with E-state index in [1.54, 1.807) is 0 Å². The van der Waals surface area contributed by atoms with Crippen molar-refractivity contribution in [3.63, 3.8) is 0 Å². The molecular formula is C20H27F3O. The lowest BCUT2D eigenvalue weighted by molar-refractivity contribution is -0.256. The van der Waals surface area contributed by atoms with Crippen LogP contribution >= 0.6 is 0 Å². The summed E-state index contributed by atoms with van der Waals surface area (Å²) in [6.45, 7) is 1.83. The van der Waals surface area contributed by atoms with Gasteiger partial charge in [-0.05, 0) is 62.1 Å². The van der Waals surface area contributed by atoms with Gasteiger partial charge in [0.25, 0.3) is 0 Å². The molecule has 0 amide bonds. The number of rotatable bonds is 8. The molecule has 1 saturated carbocycles. The van der Waals surface area contributed by atoms with Crippen LogP contribution < -0.4 is 0 Å². The molecule has 1 aromatic rings. The zero-order valence-corrected chi connectivity index (χ0v) is 14.3. The number of allylic oxidation sites excluding steroid dienone is 2. The minimum atomic E-state index is -3.11. The Labute approximate surface area is 142 Å². The molecule has 0 radical (unpaired) electrons. The minimum Gasteiger partial charge on any atom is -0.316 e. The van der Waals surface area contributed by atoms with E-state index in [9.17, 15) is 13.2 Å². The molecule has 1 fully saturated rings. The van der Waals surface area contributed by atoms with Crippen LogP contribution in [0.4, 0.5) is 13.2 Å². The molecule has 24 heavy (non-hydrogen) atoms. The van der Waals surface area contributed by atoms with Gasteiger partial charge < -0.3 is 4.74 Å². The fourth-order valence-corrected chi connectivity index (χ4v) is 3.39. The highest BCUT2D eigenvalue weighted by atomic mass is 19.3. The summed E-state index contributed by atoms with van der Waals surface area (Å²) in [5, 5.41) is 0. The van der Waals surface area contributed by atoms with Crippen LogP contribution in [0.25, 0.3) is 0 Å². The monoisotopic (exact) mass is 340 g/mol. The van der Waals surface area contributed by atoms with E-state index in [0.717, 1.165) is 38.5 Å². The van der Waals surface area contributed by atoms with E-state index in [1.807, 2.05) is 6.92 Å². The van der Waals surface area contributed by atoms with Crippen LogP contribution in [0.2, 0.25) is 0 Å². The molecule has 2 rings (SSSR count). The van der Waals surface area contributed by atoms with Crippen LogP contribution in [0, 0.1) is 17.7 Å². The second-order valence-corrected chi connectivity index (χ2v) is 6.79. The summed E-state index contributed by atoms with van der Waals surface area (Å²) in [5.41, 5.74) is 0.559. The highest BCUT2D eigenvalue weighted by Crippen LogP contribution is 2.38. The third-order valence-electron chi connectivity index (χ3n) is 4.83. The SMILES string of the molecule is CC=CCCC1CCC(CC(F)(F)OCc2ccc(F)cc2)CC1. The van der Waals surface area contributed by atoms with Gasteiger partial charge in [0.05, 0.1) is 6.61 Å². The van der Waals surface area contributed by atoms with E-state index in [1.165, 1.54) is 24.3 Å². The number of halogens is 3. The normalized spacial score (nSPS) is 22.2. The zero-order chi connectivity index (χ0) is 17.4. The number of ether oxygens (including phenoxy) is 1. The topological polar surface area (TPSA) is 9.23 Å². The lowest BCUT2D eigenvalue weighted by Crippen LogP contribution is -2.27. The first-order valence-corrected chi connectivity index (χ1v) is 8.86. The summed E-state index contributed by atoms with van der Waals surface area (Å²) in [4.78, 5) is 0. The van der Waals surface area contributed by atoms with E-state index in [4.69, 9.17) is 4.74 Å². The molecule has 1 aliphatic carbocycles. The van der Waals surface area contributed by atoms with E-state index in [0.29, 0.717) is 11.5 Å². The van der Waals surface area contributed by atoms with Crippen molar-refractivity contribution in [3.05, 3.63) is 47.8 Å². The predicted octanol–water partition coefficient (Wildman–Crippen LogP) is 6.49. The van der Waals surface area contributed by atoms with Crippen molar-refractivity contribution in [3.8, 4) is 0 Å². The van der Waals surface area contributed by atoms with Gasteiger partial charge >= 0.3 is 6.11 Å². The van der Waals surface area contributed by atoms with Gasteiger partial charge in [-0.3, -0.25) is 0 Å². The number of hydrogen-bond acceptors (Lipinski definition) is 1. The molecule has 0 aromatic heterocycles. The fourth-order valence-electron chi connectivity index (χ4n) is 3.39. The van der Waals surface area contributed by atoms with Gasteiger partial charge in [-0.25, -0.2) is 4.39 Å². The second kappa shape index (κ2) is 9.26. The fraction of sp³-hybridized carbons (Fsp3) is 0.600. The molecule has 1 nitrogen and oxygen atoms in total. The maximum absolute atomic E-state index is 14.0. The Morgan fingerprint density at radius 3 is 2.33 bits per heavy atom. The Bertz CT molecular complexity index is 502. The first-order chi connectivity index (χ1) is 11.5. The number of benzene rings is 1. The number of hydrogen-bond donors (Lipinski definition) is 0. The van der Waals surface area contributed by atoms with Crippen molar-refractivity contribution in [1.29, 1.82) is 0 Å². The van der Waals surface area contributed by atoms with E-state index in [2.05, 4.69) is 12.2 Å². The molecule has 0 heterocycles. The molecule has 0 spiro atoms. The lowest BCUT2D eigenvalue weighted by atomic mass is 9.78. The van der Waals surface area contributed by atoms with Crippen molar-refractivity contribution in [2.75, 3.05) is 0 Å². The van der Waals surface area contributed by atoms with Gasteiger partial charge in [-0.1, -0.05) is 37.1 Å². The molecule has 1 aliphatic rings. The van der Waals surface area contributed by atoms with Crippen LogP contribution in [-0.4, -0.2) is 6.11 Å². The quantitative estimate of drug-likeness (QED) is 0.492. The molecule has 134 valence electrons. The summed E-state index contributed by atoms with van der Waals surface area (Å²) in [7, 11) is 0. The summed E-state index contributed by atoms with van der Waals surface area (Å²) < 4.78 is 45.6. The van der Waals surface area contributed by atoms with E-state index in [-0.39, 0.29) is 24.8 Å². The minimum absolute atomic E-state index is 0.0335. The van der Waals surface area contributed by atoms with Crippen molar-refractivity contribution >= 4 is 0 Å². The summed E-state index contributed by atoms with van der Waals surface area (Å²) in [6, 6.07) is 5.46. The van der Waals surface area contributed by atoms with Crippen LogP contribution in [0.15, 0.2) is 36.4 Å². The maximum Gasteiger partial charge on any atom is 0.356 e. The van der Waals surface area contributed by atoms with Crippen molar-refractivity contribution in [1.82, 2.24) is 0 Å². The molecule has 0 unspecified atom stereocenters. The Kier molecular flexibility index (Phi) is 7.35. The van der Waals surface area contributed by atoms with Crippen molar-refractivity contribution in [2.45, 2.75) is 64.6 Å². The third kappa shape index (κ3) is 6.68. The van der Waals surface area contributed by atoms with Crippen LogP contribution in [0.5, 0.6) is 0 Å². The predicted molar refractivity (Wildman–Crippen MR) is 90.2 cm³/mol. The van der Waals surface area contributed by atoms with E-state index < -0.39 is 6.11 Å². The lowest BCUT2D eigenvalue weighted by Gasteiger charge is -2.30. The second-order valence-electron chi connectivity index (χ2n) is 6.79. The average Bonchev–Trinajstić information content (AvgIpc) is 2.56. The molecule has 0 N–H and O–H groups in total. The van der Waals surface area contributed by atoms with Gasteiger partial charge in [-0.2, -0.15) is 8.78 Å². The molecule has 4 heteroatoms. The largest absolute Gasteiger partial charge is 0.356 e. The van der Waals surface area contributed by atoms with E-state index >= 15 is 0 Å². The molecule has 0 bridgehead atoms. The Balaban J connectivity index is 1.71. The standard InChI is InChI=1S/C20H27F3O/c1-2-3-4-5-16-6-8-17(9-7-16)14-20(22,23)24-15-18-10-12-19(21)13-11-18/h2-3,10-13,16-17H,4-9,14-15H2,1H3. The van der Waals surface area contributed by atoms with Crippen LogP contribution in [0.3, 0.4) is 0 Å². The van der Waals surface area contributed by atoms with Crippen LogP contribution in [0.1, 0.15) is 57.4 Å². The van der Waals surface area contributed by atoms with Gasteiger partial charge in [0.1, 0.15) is 5.82 Å². The van der Waals surface area contributed by atoms with Gasteiger partial charge in [-0.15, -0.1) is 0 Å².